The highest BCUT2D eigenvalue weighted by molar-refractivity contribution is 7.90. The summed E-state index contributed by atoms with van der Waals surface area (Å²) in [6.07, 6.45) is -1.51. The molecule has 78 valence electrons. The molecule has 0 saturated heterocycles. The van der Waals surface area contributed by atoms with Crippen LogP contribution in [0.3, 0.4) is 0 Å². The average Bonchev–Trinajstić information content (AvgIpc) is 2.13. The van der Waals surface area contributed by atoms with Crippen molar-refractivity contribution in [2.75, 3.05) is 18.9 Å². The Hall–Kier alpha value is -0.370. The van der Waals surface area contributed by atoms with Gasteiger partial charge in [-0.05, 0) is 0 Å². The van der Waals surface area contributed by atoms with Gasteiger partial charge in [-0.25, -0.2) is 17.9 Å². The molecule has 1 atom stereocenters. The second kappa shape index (κ2) is 5.38. The fraction of sp³-hybridized carbons (Fsp3) is 0.800. The summed E-state index contributed by atoms with van der Waals surface area (Å²) in [5.74, 6) is -0.905. The molecule has 6 nitrogen and oxygen atoms in total. The lowest BCUT2D eigenvalue weighted by atomic mass is 10.4. The minimum Gasteiger partial charge on any atom is -0.467 e. The minimum absolute atomic E-state index is 0.443. The first-order valence-corrected chi connectivity index (χ1v) is 5.41. The van der Waals surface area contributed by atoms with Crippen molar-refractivity contribution < 1.29 is 23.1 Å². The summed E-state index contributed by atoms with van der Waals surface area (Å²) in [6.45, 7) is -0.443. The van der Waals surface area contributed by atoms with Crippen molar-refractivity contribution in [1.82, 2.24) is 4.72 Å². The van der Waals surface area contributed by atoms with Crippen LogP contribution in [0.1, 0.15) is 0 Å². The van der Waals surface area contributed by atoms with Crippen LogP contribution in [0.4, 0.5) is 0 Å². The van der Waals surface area contributed by atoms with Crippen molar-refractivity contribution in [3.63, 3.8) is 0 Å². The number of esters is 1. The largest absolute Gasteiger partial charge is 0.467 e. The van der Waals surface area contributed by atoms with Crippen LogP contribution >= 0.6 is 11.6 Å². The molecule has 1 unspecified atom stereocenters. The Kier molecular flexibility index (Phi) is 5.23. The van der Waals surface area contributed by atoms with Crippen LogP contribution < -0.4 is 4.72 Å². The summed E-state index contributed by atoms with van der Waals surface area (Å²) in [5, 5.41) is 8.31. The second-order valence-electron chi connectivity index (χ2n) is 2.11. The van der Waals surface area contributed by atoms with E-state index in [1.165, 1.54) is 0 Å². The molecule has 0 aliphatic rings. The first-order chi connectivity index (χ1) is 5.93. The van der Waals surface area contributed by atoms with Crippen molar-refractivity contribution in [3.8, 4) is 0 Å². The smallest absolute Gasteiger partial charge is 0.336 e. The minimum atomic E-state index is -3.61. The normalized spacial score (nSPS) is 13.8. The molecule has 0 rings (SSSR count). The highest BCUT2D eigenvalue weighted by atomic mass is 35.5. The summed E-state index contributed by atoms with van der Waals surface area (Å²) in [4.78, 5) is 10.6. The van der Waals surface area contributed by atoms with Crippen LogP contribution in [0.25, 0.3) is 0 Å². The van der Waals surface area contributed by atoms with E-state index in [4.69, 9.17) is 16.7 Å². The molecule has 0 radical (unpaired) electrons. The van der Waals surface area contributed by atoms with Gasteiger partial charge < -0.3 is 9.84 Å². The van der Waals surface area contributed by atoms with Gasteiger partial charge in [0.25, 0.3) is 0 Å². The summed E-state index contributed by atoms with van der Waals surface area (Å²) in [7, 11) is -2.52. The van der Waals surface area contributed by atoms with Crippen LogP contribution in [-0.4, -0.2) is 44.5 Å². The number of aliphatic hydroxyl groups excluding tert-OH is 1. The van der Waals surface area contributed by atoms with E-state index in [1.54, 1.807) is 0 Å². The predicted octanol–water partition coefficient (Wildman–Crippen LogP) is -1.36. The average molecular weight is 232 g/mol. The highest BCUT2D eigenvalue weighted by Crippen LogP contribution is 1.90. The topological polar surface area (TPSA) is 92.7 Å². The number of hydrogen-bond donors (Lipinski definition) is 2. The molecule has 0 saturated carbocycles. The number of sulfonamides is 1. The van der Waals surface area contributed by atoms with Gasteiger partial charge in [0.15, 0.2) is 6.10 Å². The maximum absolute atomic E-state index is 10.7. The van der Waals surface area contributed by atoms with E-state index in [0.29, 0.717) is 0 Å². The SMILES string of the molecule is COC(=O)C(O)CNS(=O)(=O)CCl. The molecule has 0 aliphatic carbocycles. The molecule has 13 heavy (non-hydrogen) atoms. The van der Waals surface area contributed by atoms with Crippen LogP contribution in [0.2, 0.25) is 0 Å². The zero-order chi connectivity index (χ0) is 10.5. The van der Waals surface area contributed by atoms with E-state index >= 15 is 0 Å². The zero-order valence-electron chi connectivity index (χ0n) is 6.86. The number of hydrogen-bond acceptors (Lipinski definition) is 5. The molecular weight excluding hydrogens is 222 g/mol. The molecule has 0 amide bonds. The summed E-state index contributed by atoms with van der Waals surface area (Å²) >= 11 is 5.04. The van der Waals surface area contributed by atoms with Crippen molar-refractivity contribution in [2.45, 2.75) is 6.10 Å². The number of ether oxygens (including phenoxy) is 1. The molecule has 0 bridgehead atoms. The first-order valence-electron chi connectivity index (χ1n) is 3.22. The number of aliphatic hydroxyl groups is 1. The molecule has 0 spiro atoms. The third-order valence-corrected chi connectivity index (χ3v) is 2.87. The molecule has 0 aliphatic heterocycles. The predicted molar refractivity (Wildman–Crippen MR) is 45.7 cm³/mol. The Morgan fingerprint density at radius 3 is 2.62 bits per heavy atom. The van der Waals surface area contributed by atoms with Gasteiger partial charge in [0.05, 0.1) is 7.11 Å². The van der Waals surface area contributed by atoms with Gasteiger partial charge in [0, 0.05) is 6.54 Å². The number of rotatable bonds is 5. The van der Waals surface area contributed by atoms with Crippen molar-refractivity contribution in [2.24, 2.45) is 0 Å². The van der Waals surface area contributed by atoms with E-state index in [1.807, 2.05) is 4.72 Å². The van der Waals surface area contributed by atoms with Crippen LogP contribution in [0.15, 0.2) is 0 Å². The Morgan fingerprint density at radius 2 is 2.23 bits per heavy atom. The molecular formula is C5H10ClNO5S. The number of alkyl halides is 1. The van der Waals surface area contributed by atoms with Gasteiger partial charge in [-0.1, -0.05) is 0 Å². The quantitative estimate of drug-likeness (QED) is 0.450. The second-order valence-corrected chi connectivity index (χ2v) is 4.50. The van der Waals surface area contributed by atoms with Gasteiger partial charge >= 0.3 is 5.97 Å². The number of methoxy groups -OCH3 is 1. The number of halogens is 1. The van der Waals surface area contributed by atoms with Gasteiger partial charge in [-0.15, -0.1) is 11.6 Å². The third kappa shape index (κ3) is 5.04. The van der Waals surface area contributed by atoms with Crippen LogP contribution in [0.5, 0.6) is 0 Å². The van der Waals surface area contributed by atoms with E-state index in [-0.39, 0.29) is 0 Å². The zero-order valence-corrected chi connectivity index (χ0v) is 8.43. The van der Waals surface area contributed by atoms with Crippen molar-refractivity contribution in [1.29, 1.82) is 0 Å². The number of carbonyl (C=O) groups is 1. The van der Waals surface area contributed by atoms with Gasteiger partial charge in [-0.2, -0.15) is 0 Å². The molecule has 2 N–H and O–H groups in total. The lowest BCUT2D eigenvalue weighted by molar-refractivity contribution is -0.149. The molecule has 0 heterocycles. The fourth-order valence-corrected chi connectivity index (χ4v) is 1.18. The van der Waals surface area contributed by atoms with Crippen LogP contribution in [-0.2, 0) is 19.6 Å². The molecule has 8 heteroatoms. The number of nitrogens with one attached hydrogen (secondary N) is 1. The summed E-state index contributed by atoms with van der Waals surface area (Å²) < 4.78 is 27.5. The summed E-state index contributed by atoms with van der Waals surface area (Å²) in [5.41, 5.74) is 0. The Balaban J connectivity index is 3.97. The van der Waals surface area contributed by atoms with Crippen LogP contribution in [0, 0.1) is 0 Å². The van der Waals surface area contributed by atoms with E-state index in [2.05, 4.69) is 4.74 Å². The van der Waals surface area contributed by atoms with E-state index in [0.717, 1.165) is 7.11 Å². The molecule has 0 fully saturated rings. The number of carbonyl (C=O) groups excluding carboxylic acids is 1. The third-order valence-electron chi connectivity index (χ3n) is 1.11. The lowest BCUT2D eigenvalue weighted by Crippen LogP contribution is -2.37. The maximum atomic E-state index is 10.7. The highest BCUT2D eigenvalue weighted by Gasteiger charge is 2.18. The first kappa shape index (κ1) is 12.6. The Morgan fingerprint density at radius 1 is 1.69 bits per heavy atom. The van der Waals surface area contributed by atoms with Crippen molar-refractivity contribution >= 4 is 27.6 Å². The fourth-order valence-electron chi connectivity index (χ4n) is 0.464. The Labute approximate surface area is 80.9 Å². The van der Waals surface area contributed by atoms with E-state index < -0.39 is 33.9 Å². The monoisotopic (exact) mass is 231 g/mol. The van der Waals surface area contributed by atoms with Gasteiger partial charge in [0.2, 0.25) is 10.0 Å². The molecule has 0 aromatic rings. The van der Waals surface area contributed by atoms with E-state index in [9.17, 15) is 13.2 Å². The molecule has 0 aromatic heterocycles. The Bertz CT molecular complexity index is 264. The standard InChI is InChI=1S/C5H10ClNO5S/c1-12-5(9)4(8)2-7-13(10,11)3-6/h4,7-8H,2-3H2,1H3. The maximum Gasteiger partial charge on any atom is 0.336 e. The van der Waals surface area contributed by atoms with Gasteiger partial charge in [0.1, 0.15) is 5.21 Å². The van der Waals surface area contributed by atoms with Crippen molar-refractivity contribution in [3.05, 3.63) is 0 Å². The summed E-state index contributed by atoms with van der Waals surface area (Å²) in [6, 6.07) is 0. The van der Waals surface area contributed by atoms with Gasteiger partial charge in [-0.3, -0.25) is 0 Å². The lowest BCUT2D eigenvalue weighted by Gasteiger charge is -2.08. The molecule has 0 aromatic carbocycles.